The molecule has 0 bridgehead atoms. The van der Waals surface area contributed by atoms with Crippen molar-refractivity contribution in [3.63, 3.8) is 0 Å². The van der Waals surface area contributed by atoms with Crippen molar-refractivity contribution in [2.45, 2.75) is 6.54 Å². The summed E-state index contributed by atoms with van der Waals surface area (Å²) in [5.41, 5.74) is 1.69. The van der Waals surface area contributed by atoms with Crippen molar-refractivity contribution in [3.8, 4) is 0 Å². The Kier molecular flexibility index (Phi) is 5.93. The monoisotopic (exact) mass is 388 g/mol. The van der Waals surface area contributed by atoms with Crippen LogP contribution in [0.15, 0.2) is 42.5 Å². The van der Waals surface area contributed by atoms with Gasteiger partial charge in [-0.3, -0.25) is 14.9 Å². The van der Waals surface area contributed by atoms with Gasteiger partial charge in [0.25, 0.3) is 11.6 Å². The molecular formula is C19H21ClN4O3. The first kappa shape index (κ1) is 19.1. The number of amides is 1. The van der Waals surface area contributed by atoms with Gasteiger partial charge in [-0.2, -0.15) is 0 Å². The number of rotatable bonds is 5. The van der Waals surface area contributed by atoms with Gasteiger partial charge in [-0.25, -0.2) is 0 Å². The molecule has 1 N–H and O–H groups in total. The van der Waals surface area contributed by atoms with E-state index in [1.54, 1.807) is 24.3 Å². The molecule has 0 aromatic heterocycles. The number of halogens is 1. The molecule has 1 saturated heterocycles. The average molecular weight is 389 g/mol. The quantitative estimate of drug-likeness (QED) is 0.629. The average Bonchev–Trinajstić information content (AvgIpc) is 2.67. The van der Waals surface area contributed by atoms with Gasteiger partial charge in [-0.15, -0.1) is 0 Å². The molecule has 0 radical (unpaired) electrons. The Balaban J connectivity index is 1.73. The van der Waals surface area contributed by atoms with Crippen LogP contribution >= 0.6 is 11.6 Å². The van der Waals surface area contributed by atoms with E-state index in [2.05, 4.69) is 10.2 Å². The zero-order valence-corrected chi connectivity index (χ0v) is 15.8. The lowest BCUT2D eigenvalue weighted by molar-refractivity contribution is -0.384. The Bertz CT molecular complexity index is 833. The van der Waals surface area contributed by atoms with Gasteiger partial charge in [-0.1, -0.05) is 23.7 Å². The number of hydrogen-bond donors (Lipinski definition) is 1. The molecule has 0 spiro atoms. The summed E-state index contributed by atoms with van der Waals surface area (Å²) < 4.78 is 0. The van der Waals surface area contributed by atoms with Crippen LogP contribution in [0, 0.1) is 10.1 Å². The molecule has 1 fully saturated rings. The number of nitrogens with zero attached hydrogens (tertiary/aromatic N) is 3. The van der Waals surface area contributed by atoms with E-state index in [0.29, 0.717) is 17.3 Å². The van der Waals surface area contributed by atoms with Crippen molar-refractivity contribution < 1.29 is 9.72 Å². The van der Waals surface area contributed by atoms with Crippen LogP contribution in [0.25, 0.3) is 0 Å². The first-order chi connectivity index (χ1) is 12.9. The summed E-state index contributed by atoms with van der Waals surface area (Å²) in [5.74, 6) is -0.349. The predicted octanol–water partition coefficient (Wildman–Crippen LogP) is 2.93. The van der Waals surface area contributed by atoms with Gasteiger partial charge in [0, 0.05) is 49.4 Å². The third kappa shape index (κ3) is 4.75. The number of nitro groups is 1. The van der Waals surface area contributed by atoms with E-state index in [0.717, 1.165) is 31.7 Å². The summed E-state index contributed by atoms with van der Waals surface area (Å²) in [6.45, 7) is 3.46. The molecule has 1 aliphatic heterocycles. The summed E-state index contributed by atoms with van der Waals surface area (Å²) in [4.78, 5) is 27.7. The van der Waals surface area contributed by atoms with Crippen LogP contribution in [-0.2, 0) is 6.54 Å². The highest BCUT2D eigenvalue weighted by Gasteiger charge is 2.24. The van der Waals surface area contributed by atoms with E-state index in [4.69, 9.17) is 11.6 Å². The molecule has 0 aliphatic carbocycles. The first-order valence-electron chi connectivity index (χ1n) is 8.68. The Morgan fingerprint density at radius 3 is 2.44 bits per heavy atom. The third-order valence-electron chi connectivity index (χ3n) is 4.64. The number of piperazine rings is 1. The fraction of sp³-hybridized carbons (Fsp3) is 0.316. The number of anilines is 1. The summed E-state index contributed by atoms with van der Waals surface area (Å²) in [5, 5.41) is 14.9. The molecule has 1 aliphatic rings. The maximum Gasteiger partial charge on any atom is 0.293 e. The second-order valence-electron chi connectivity index (χ2n) is 6.56. The van der Waals surface area contributed by atoms with Crippen molar-refractivity contribution in [3.05, 3.63) is 68.7 Å². The molecule has 27 heavy (non-hydrogen) atoms. The normalized spacial score (nSPS) is 14.8. The molecule has 0 saturated carbocycles. The molecule has 1 amide bonds. The highest BCUT2D eigenvalue weighted by molar-refractivity contribution is 6.30. The Morgan fingerprint density at radius 2 is 1.81 bits per heavy atom. The molecule has 0 atom stereocenters. The third-order valence-corrected chi connectivity index (χ3v) is 4.90. The Hall–Kier alpha value is -2.64. The molecule has 1 heterocycles. The minimum atomic E-state index is -0.427. The fourth-order valence-electron chi connectivity index (χ4n) is 3.01. The molecule has 8 heteroatoms. The number of hydrogen-bond acceptors (Lipinski definition) is 5. The maximum atomic E-state index is 12.4. The molecular weight excluding hydrogens is 368 g/mol. The van der Waals surface area contributed by atoms with Gasteiger partial charge < -0.3 is 15.1 Å². The number of carbonyl (C=O) groups excluding carboxylic acids is 1. The molecule has 7 nitrogen and oxygen atoms in total. The number of benzene rings is 2. The molecule has 3 rings (SSSR count). The highest BCUT2D eigenvalue weighted by atomic mass is 35.5. The highest BCUT2D eigenvalue weighted by Crippen LogP contribution is 2.30. The van der Waals surface area contributed by atoms with Crippen LogP contribution in [0.2, 0.25) is 5.02 Å². The zero-order chi connectivity index (χ0) is 19.4. The topological polar surface area (TPSA) is 78.7 Å². The number of nitrogens with one attached hydrogen (secondary N) is 1. The van der Waals surface area contributed by atoms with Crippen molar-refractivity contribution in [1.29, 1.82) is 0 Å². The number of likely N-dealkylation sites (N-methyl/N-ethyl adjacent to an activating group) is 1. The Morgan fingerprint density at radius 1 is 1.15 bits per heavy atom. The van der Waals surface area contributed by atoms with Gasteiger partial charge in [-0.05, 0) is 36.9 Å². The van der Waals surface area contributed by atoms with E-state index in [1.807, 2.05) is 24.1 Å². The summed E-state index contributed by atoms with van der Waals surface area (Å²) in [6, 6.07) is 11.8. The van der Waals surface area contributed by atoms with Gasteiger partial charge in [0.15, 0.2) is 0 Å². The smallest absolute Gasteiger partial charge is 0.293 e. The summed E-state index contributed by atoms with van der Waals surface area (Å²) in [7, 11) is 2.03. The van der Waals surface area contributed by atoms with Crippen LogP contribution in [0.4, 0.5) is 11.4 Å². The lowest BCUT2D eigenvalue weighted by atomic mass is 10.1. The first-order valence-corrected chi connectivity index (χ1v) is 9.06. The fourth-order valence-corrected chi connectivity index (χ4v) is 3.14. The largest absolute Gasteiger partial charge is 0.363 e. The maximum absolute atomic E-state index is 12.4. The van der Waals surface area contributed by atoms with E-state index < -0.39 is 4.92 Å². The minimum absolute atomic E-state index is 0.0429. The van der Waals surface area contributed by atoms with Crippen LogP contribution in [-0.4, -0.2) is 49.0 Å². The van der Waals surface area contributed by atoms with E-state index in [1.165, 1.54) is 6.07 Å². The van der Waals surface area contributed by atoms with Crippen LogP contribution < -0.4 is 10.2 Å². The Labute approximate surface area is 162 Å². The lowest BCUT2D eigenvalue weighted by Crippen LogP contribution is -2.44. The number of nitro benzene ring substituents is 1. The van der Waals surface area contributed by atoms with Crippen LogP contribution in [0.1, 0.15) is 15.9 Å². The summed E-state index contributed by atoms with van der Waals surface area (Å²) >= 11 is 5.85. The minimum Gasteiger partial charge on any atom is -0.363 e. The zero-order valence-electron chi connectivity index (χ0n) is 15.0. The summed E-state index contributed by atoms with van der Waals surface area (Å²) in [6.07, 6.45) is 0. The van der Waals surface area contributed by atoms with Crippen molar-refractivity contribution >= 4 is 28.9 Å². The van der Waals surface area contributed by atoms with Gasteiger partial charge >= 0.3 is 0 Å². The lowest BCUT2D eigenvalue weighted by Gasteiger charge is -2.33. The SMILES string of the molecule is CN1CCN(c2ccc(C(=O)NCc3ccc(Cl)cc3)cc2[N+](=O)[O-])CC1. The molecule has 0 unspecified atom stereocenters. The van der Waals surface area contributed by atoms with Gasteiger partial charge in [0.05, 0.1) is 4.92 Å². The molecule has 142 valence electrons. The molecule has 2 aromatic carbocycles. The van der Waals surface area contributed by atoms with Crippen molar-refractivity contribution in [2.24, 2.45) is 0 Å². The second kappa shape index (κ2) is 8.37. The van der Waals surface area contributed by atoms with Crippen LogP contribution in [0.3, 0.4) is 0 Å². The van der Waals surface area contributed by atoms with E-state index in [9.17, 15) is 14.9 Å². The number of carbonyl (C=O) groups is 1. The molecule has 2 aromatic rings. The van der Waals surface area contributed by atoms with E-state index >= 15 is 0 Å². The predicted molar refractivity (Wildman–Crippen MR) is 105 cm³/mol. The standard InChI is InChI=1S/C19H21ClN4O3/c1-22-8-10-23(11-9-22)17-7-4-15(12-18(17)24(26)27)19(25)21-13-14-2-5-16(20)6-3-14/h2-7,12H,8-11,13H2,1H3,(H,21,25). The van der Waals surface area contributed by atoms with E-state index in [-0.39, 0.29) is 17.2 Å². The second-order valence-corrected chi connectivity index (χ2v) is 7.00. The van der Waals surface area contributed by atoms with Gasteiger partial charge in [0.2, 0.25) is 0 Å². The van der Waals surface area contributed by atoms with Crippen LogP contribution in [0.5, 0.6) is 0 Å². The van der Waals surface area contributed by atoms with Gasteiger partial charge in [0.1, 0.15) is 5.69 Å². The van der Waals surface area contributed by atoms with Crippen molar-refractivity contribution in [2.75, 3.05) is 38.1 Å². The van der Waals surface area contributed by atoms with Crippen molar-refractivity contribution in [1.82, 2.24) is 10.2 Å².